The van der Waals surface area contributed by atoms with Crippen molar-refractivity contribution in [3.05, 3.63) is 144 Å². The first-order valence-corrected chi connectivity index (χ1v) is 23.5. The Bertz CT molecular complexity index is 2080. The van der Waals surface area contributed by atoms with Crippen LogP contribution in [0.2, 0.25) is 0 Å². The summed E-state index contributed by atoms with van der Waals surface area (Å²) in [6, 6.07) is 28.8. The number of benzene rings is 3. The standard InChI is InChI=1S/C51H74N8/c1-3-4-5-6-7-10-21-53-24-25-55(45-53)39-47-15-19-49(20-16-47)41-57-29-35-59(36-30-57,37-31-57)43-51-12-9-8-11-50(51)42-58-32-26-56(27-33-58,28-34-58)40-48-17-13-46(14-18-48)38-54-23-22-52(2)44-54/h8-9,11-20,22-25,44-45H,3-7,10,21,26-43H2,1-2H3/q+6. The molecule has 2 aromatic heterocycles. The zero-order valence-corrected chi connectivity index (χ0v) is 36.6. The number of hydrogen-bond donors (Lipinski definition) is 0. The fourth-order valence-corrected chi connectivity index (χ4v) is 11.5. The molecule has 0 spiro atoms. The summed E-state index contributed by atoms with van der Waals surface area (Å²) in [5.41, 5.74) is 9.08. The van der Waals surface area contributed by atoms with Gasteiger partial charge in [-0.15, -0.1) is 0 Å². The van der Waals surface area contributed by atoms with Crippen molar-refractivity contribution in [1.82, 2.24) is 9.13 Å². The minimum absolute atomic E-state index is 0.938. The first-order valence-electron chi connectivity index (χ1n) is 23.5. The molecular weight excluding hydrogens is 725 g/mol. The predicted octanol–water partition coefficient (Wildman–Crippen LogP) is 6.58. The van der Waals surface area contributed by atoms with Gasteiger partial charge in [0.15, 0.2) is 0 Å². The van der Waals surface area contributed by atoms with Crippen LogP contribution in [0, 0.1) is 0 Å². The SMILES string of the molecule is CCCCCCCCn1cc[n+](Cc2ccc(C[N+]34CC[N+](Cc5ccccc5C[N+]56CC[N+](Cc7ccc(Cn8cc[n+](C)c8)cc7)(CC5)CC6)(CC3)CC4)cc2)c1. The molecule has 4 bridgehead atoms. The highest BCUT2D eigenvalue weighted by molar-refractivity contribution is 5.26. The van der Waals surface area contributed by atoms with Crippen molar-refractivity contribution in [1.29, 1.82) is 0 Å². The number of hydrogen-bond acceptors (Lipinski definition) is 0. The molecule has 11 rings (SSSR count). The van der Waals surface area contributed by atoms with Crippen LogP contribution in [0.3, 0.4) is 0 Å². The molecule has 0 N–H and O–H groups in total. The van der Waals surface area contributed by atoms with Gasteiger partial charge in [0.2, 0.25) is 12.7 Å². The third-order valence-electron chi connectivity index (χ3n) is 15.6. The lowest BCUT2D eigenvalue weighted by atomic mass is 9.98. The predicted molar refractivity (Wildman–Crippen MR) is 235 cm³/mol. The Kier molecular flexibility index (Phi) is 12.0. The smallest absolute Gasteiger partial charge is 0.244 e. The molecule has 0 radical (unpaired) electrons. The van der Waals surface area contributed by atoms with E-state index in [1.54, 1.807) is 11.1 Å². The molecular formula is C51H74N8+6. The lowest BCUT2D eigenvalue weighted by molar-refractivity contribution is -1.09. The largest absolute Gasteiger partial charge is 0.306 e. The molecule has 312 valence electrons. The monoisotopic (exact) mass is 799 g/mol. The summed E-state index contributed by atoms with van der Waals surface area (Å²) >= 11 is 0. The fraction of sp³-hybridized carbons (Fsp3) is 0.529. The Balaban J connectivity index is 0.745. The summed E-state index contributed by atoms with van der Waals surface area (Å²) in [5.74, 6) is 0. The zero-order chi connectivity index (χ0) is 40.2. The van der Waals surface area contributed by atoms with E-state index in [0.29, 0.717) is 0 Å². The molecule has 0 amide bonds. The first kappa shape index (κ1) is 40.3. The summed E-state index contributed by atoms with van der Waals surface area (Å²) in [6.07, 6.45) is 21.3. The molecule has 3 aromatic carbocycles. The third-order valence-corrected chi connectivity index (χ3v) is 15.6. The summed E-state index contributed by atoms with van der Waals surface area (Å²) in [4.78, 5) is 0. The Morgan fingerprint density at radius 3 is 1.44 bits per heavy atom. The van der Waals surface area contributed by atoms with Gasteiger partial charge in [-0.3, -0.25) is 0 Å². The van der Waals surface area contributed by atoms with E-state index in [-0.39, 0.29) is 0 Å². The van der Waals surface area contributed by atoms with Crippen molar-refractivity contribution in [3.63, 3.8) is 0 Å². The van der Waals surface area contributed by atoms with Gasteiger partial charge in [-0.2, -0.15) is 0 Å². The number of aryl methyl sites for hydroxylation is 2. The van der Waals surface area contributed by atoms with E-state index in [1.165, 1.54) is 183 Å². The molecule has 6 saturated heterocycles. The van der Waals surface area contributed by atoms with Gasteiger partial charge in [-0.1, -0.05) is 105 Å². The van der Waals surface area contributed by atoms with Gasteiger partial charge in [0.25, 0.3) is 0 Å². The highest BCUT2D eigenvalue weighted by Crippen LogP contribution is 2.35. The van der Waals surface area contributed by atoms with Crippen LogP contribution in [0.5, 0.6) is 0 Å². The van der Waals surface area contributed by atoms with E-state index in [9.17, 15) is 0 Å². The molecule has 0 unspecified atom stereocenters. The van der Waals surface area contributed by atoms with Crippen LogP contribution in [0.25, 0.3) is 0 Å². The highest BCUT2D eigenvalue weighted by atomic mass is 15.5. The lowest BCUT2D eigenvalue weighted by Gasteiger charge is -2.56. The number of fused-ring (bicyclic) bond motifs is 6. The van der Waals surface area contributed by atoms with Gasteiger partial charge in [0.05, 0.1) is 13.6 Å². The average Bonchev–Trinajstić information content (AvgIpc) is 3.90. The van der Waals surface area contributed by atoms with Gasteiger partial charge < -0.3 is 17.9 Å². The van der Waals surface area contributed by atoms with E-state index in [4.69, 9.17) is 0 Å². The minimum Gasteiger partial charge on any atom is -0.306 e. The Hall–Kier alpha value is -4.08. The van der Waals surface area contributed by atoms with E-state index in [0.717, 1.165) is 19.6 Å². The van der Waals surface area contributed by atoms with Crippen LogP contribution in [-0.4, -0.2) is 106 Å². The third kappa shape index (κ3) is 9.62. The van der Waals surface area contributed by atoms with Gasteiger partial charge in [-0.05, 0) is 24.0 Å². The maximum absolute atomic E-state index is 2.49. The number of imidazole rings is 2. The molecule has 0 aliphatic carbocycles. The Morgan fingerprint density at radius 1 is 0.475 bits per heavy atom. The molecule has 5 aromatic rings. The number of rotatable bonds is 19. The van der Waals surface area contributed by atoms with Crippen LogP contribution in [0.15, 0.2) is 110 Å². The maximum atomic E-state index is 2.49. The second kappa shape index (κ2) is 17.5. The van der Waals surface area contributed by atoms with E-state index < -0.39 is 0 Å². The van der Waals surface area contributed by atoms with Gasteiger partial charge >= 0.3 is 0 Å². The number of nitrogens with zero attached hydrogens (tertiary/aromatic N) is 8. The van der Waals surface area contributed by atoms with Crippen LogP contribution < -0.4 is 9.13 Å². The molecule has 59 heavy (non-hydrogen) atoms. The summed E-state index contributed by atoms with van der Waals surface area (Å²) in [5, 5.41) is 0. The number of piperazine rings is 6. The van der Waals surface area contributed by atoms with Crippen molar-refractivity contribution >= 4 is 0 Å². The Morgan fingerprint density at radius 2 is 0.932 bits per heavy atom. The van der Waals surface area contributed by atoms with Crippen LogP contribution >= 0.6 is 0 Å². The molecule has 8 heterocycles. The molecule has 0 saturated carbocycles. The van der Waals surface area contributed by atoms with Crippen LogP contribution in [0.1, 0.15) is 78.8 Å². The van der Waals surface area contributed by atoms with Crippen molar-refractivity contribution in [3.8, 4) is 0 Å². The number of unbranched alkanes of at least 4 members (excludes halogenated alkanes) is 5. The molecule has 8 nitrogen and oxygen atoms in total. The normalized spacial score (nSPS) is 26.1. The van der Waals surface area contributed by atoms with Crippen molar-refractivity contribution < 1.29 is 27.1 Å². The van der Waals surface area contributed by atoms with Crippen LogP contribution in [-0.2, 0) is 52.9 Å². The van der Waals surface area contributed by atoms with E-state index in [2.05, 4.69) is 142 Å². The molecule has 6 aliphatic rings. The summed E-state index contributed by atoms with van der Waals surface area (Å²) in [7, 11) is 2.09. The second-order valence-corrected chi connectivity index (χ2v) is 19.9. The molecule has 0 atom stereocenters. The quantitative estimate of drug-likeness (QED) is 0.0511. The van der Waals surface area contributed by atoms with E-state index in [1.807, 2.05) is 0 Å². The van der Waals surface area contributed by atoms with Crippen molar-refractivity contribution in [2.45, 2.75) is 91.3 Å². The molecule has 6 fully saturated rings. The van der Waals surface area contributed by atoms with Crippen molar-refractivity contribution in [2.24, 2.45) is 7.05 Å². The summed E-state index contributed by atoms with van der Waals surface area (Å²) in [6.45, 7) is 26.0. The average molecular weight is 799 g/mol. The van der Waals surface area contributed by atoms with E-state index >= 15 is 0 Å². The van der Waals surface area contributed by atoms with Crippen molar-refractivity contribution in [2.75, 3.05) is 78.5 Å². The first-order chi connectivity index (χ1) is 28.8. The summed E-state index contributed by atoms with van der Waals surface area (Å²) < 4.78 is 14.3. The molecule has 6 aliphatic heterocycles. The van der Waals surface area contributed by atoms with Gasteiger partial charge in [0.1, 0.15) is 143 Å². The number of quaternary nitrogens is 4. The maximum Gasteiger partial charge on any atom is 0.244 e. The zero-order valence-electron chi connectivity index (χ0n) is 36.6. The fourth-order valence-electron chi connectivity index (χ4n) is 11.5. The van der Waals surface area contributed by atoms with Gasteiger partial charge in [0, 0.05) is 22.3 Å². The van der Waals surface area contributed by atoms with Gasteiger partial charge in [-0.25, -0.2) is 18.3 Å². The number of aromatic nitrogens is 4. The van der Waals surface area contributed by atoms with Crippen LogP contribution in [0.4, 0.5) is 0 Å². The highest BCUT2D eigenvalue weighted by Gasteiger charge is 2.51. The topological polar surface area (TPSA) is 17.6 Å². The second-order valence-electron chi connectivity index (χ2n) is 19.9. The minimum atomic E-state index is 0.938. The lowest BCUT2D eigenvalue weighted by Crippen LogP contribution is -2.74. The molecule has 8 heteroatoms. The Labute approximate surface area is 355 Å².